The van der Waals surface area contributed by atoms with Gasteiger partial charge in [0.25, 0.3) is 11.8 Å². The van der Waals surface area contributed by atoms with Crippen LogP contribution in [0.5, 0.6) is 11.5 Å². The Morgan fingerprint density at radius 1 is 0.800 bits per heavy atom. The van der Waals surface area contributed by atoms with Gasteiger partial charge in [-0.3, -0.25) is 9.59 Å². The first-order valence-corrected chi connectivity index (χ1v) is 9.47. The maximum atomic E-state index is 12.6. The summed E-state index contributed by atoms with van der Waals surface area (Å²) in [7, 11) is 0. The van der Waals surface area contributed by atoms with Crippen molar-refractivity contribution in [3.63, 3.8) is 0 Å². The predicted octanol–water partition coefficient (Wildman–Crippen LogP) is 4.17. The normalized spacial score (nSPS) is 13.7. The summed E-state index contributed by atoms with van der Waals surface area (Å²) in [6, 6.07) is 20.3. The van der Waals surface area contributed by atoms with Gasteiger partial charge in [-0.1, -0.05) is 29.8 Å². The molecule has 30 heavy (non-hydrogen) atoms. The number of ether oxygens (including phenoxy) is 2. The number of esters is 1. The highest BCUT2D eigenvalue weighted by atomic mass is 16.6. The van der Waals surface area contributed by atoms with Crippen LogP contribution in [-0.4, -0.2) is 23.9 Å². The summed E-state index contributed by atoms with van der Waals surface area (Å²) in [6.45, 7) is 3.57. The molecule has 0 radical (unpaired) electrons. The minimum atomic E-state index is -0.802. The Morgan fingerprint density at radius 3 is 1.90 bits per heavy atom. The smallest absolute Gasteiger partial charge is 0.352 e. The van der Waals surface area contributed by atoms with Crippen LogP contribution in [0.2, 0.25) is 0 Å². The number of imide groups is 1. The van der Waals surface area contributed by atoms with E-state index in [1.165, 1.54) is 12.1 Å². The third-order valence-corrected chi connectivity index (χ3v) is 4.77. The standard InChI is InChI=1S/C24H19NO5/c1-15-7-11-18(12-8-15)29-16(2)24(28)30-19-13-9-17(10-14-19)25-22(26)20-5-3-4-6-21(20)23(25)27/h3-14,16H,1-2H3. The summed E-state index contributed by atoms with van der Waals surface area (Å²) >= 11 is 0. The maximum absolute atomic E-state index is 12.6. The summed E-state index contributed by atoms with van der Waals surface area (Å²) in [5.74, 6) is -0.435. The predicted molar refractivity (Wildman–Crippen MR) is 111 cm³/mol. The number of anilines is 1. The fourth-order valence-corrected chi connectivity index (χ4v) is 3.16. The highest BCUT2D eigenvalue weighted by Gasteiger charge is 2.36. The Labute approximate surface area is 173 Å². The number of amides is 2. The molecule has 150 valence electrons. The SMILES string of the molecule is Cc1ccc(OC(C)C(=O)Oc2ccc(N3C(=O)c4ccccc4C3=O)cc2)cc1. The Bertz CT molecular complexity index is 1080. The molecule has 3 aromatic rings. The minimum absolute atomic E-state index is 0.291. The van der Waals surface area contributed by atoms with Gasteiger partial charge in [-0.2, -0.15) is 0 Å². The second-order valence-electron chi connectivity index (χ2n) is 6.98. The van der Waals surface area contributed by atoms with Crippen LogP contribution in [-0.2, 0) is 4.79 Å². The summed E-state index contributed by atoms with van der Waals surface area (Å²) < 4.78 is 11.0. The van der Waals surface area contributed by atoms with E-state index in [2.05, 4.69) is 0 Å². The summed E-state index contributed by atoms with van der Waals surface area (Å²) in [4.78, 5) is 38.5. The number of aryl methyl sites for hydroxylation is 1. The lowest BCUT2D eigenvalue weighted by molar-refractivity contribution is -0.141. The molecule has 1 atom stereocenters. The molecule has 6 heteroatoms. The molecule has 1 aliphatic rings. The Morgan fingerprint density at radius 2 is 1.33 bits per heavy atom. The molecule has 0 saturated carbocycles. The van der Waals surface area contributed by atoms with Crippen molar-refractivity contribution in [3.8, 4) is 11.5 Å². The van der Waals surface area contributed by atoms with Crippen LogP contribution in [0.4, 0.5) is 5.69 Å². The van der Waals surface area contributed by atoms with Crippen LogP contribution in [0.15, 0.2) is 72.8 Å². The van der Waals surface area contributed by atoms with Crippen molar-refractivity contribution in [2.45, 2.75) is 20.0 Å². The van der Waals surface area contributed by atoms with Crippen molar-refractivity contribution >= 4 is 23.5 Å². The van der Waals surface area contributed by atoms with Crippen LogP contribution in [0, 0.1) is 6.92 Å². The highest BCUT2D eigenvalue weighted by Crippen LogP contribution is 2.29. The van der Waals surface area contributed by atoms with Crippen molar-refractivity contribution < 1.29 is 23.9 Å². The molecule has 3 aromatic carbocycles. The molecule has 0 bridgehead atoms. The zero-order valence-corrected chi connectivity index (χ0v) is 16.5. The second-order valence-corrected chi connectivity index (χ2v) is 6.98. The number of rotatable bonds is 5. The van der Waals surface area contributed by atoms with Crippen LogP contribution < -0.4 is 14.4 Å². The van der Waals surface area contributed by atoms with Crippen LogP contribution in [0.1, 0.15) is 33.2 Å². The van der Waals surface area contributed by atoms with Crippen molar-refractivity contribution in [1.82, 2.24) is 0 Å². The Hall–Kier alpha value is -3.93. The van der Waals surface area contributed by atoms with E-state index in [0.29, 0.717) is 28.3 Å². The van der Waals surface area contributed by atoms with Crippen LogP contribution in [0.25, 0.3) is 0 Å². The van der Waals surface area contributed by atoms with Gasteiger partial charge in [-0.15, -0.1) is 0 Å². The number of benzene rings is 3. The quantitative estimate of drug-likeness (QED) is 0.365. The van der Waals surface area contributed by atoms with Crippen molar-refractivity contribution in [1.29, 1.82) is 0 Å². The molecular formula is C24H19NO5. The first kappa shape index (κ1) is 19.4. The van der Waals surface area contributed by atoms with Gasteiger partial charge in [0, 0.05) is 0 Å². The van der Waals surface area contributed by atoms with Crippen LogP contribution >= 0.6 is 0 Å². The molecule has 0 spiro atoms. The molecule has 1 heterocycles. The van der Waals surface area contributed by atoms with Gasteiger partial charge in [0.05, 0.1) is 16.8 Å². The molecule has 2 amide bonds. The van der Waals surface area contributed by atoms with Gasteiger partial charge in [0.15, 0.2) is 6.10 Å². The number of carbonyl (C=O) groups excluding carboxylic acids is 3. The maximum Gasteiger partial charge on any atom is 0.352 e. The van der Waals surface area contributed by atoms with Crippen molar-refractivity contribution in [2.24, 2.45) is 0 Å². The van der Waals surface area contributed by atoms with E-state index in [4.69, 9.17) is 9.47 Å². The number of hydrogen-bond acceptors (Lipinski definition) is 5. The number of nitrogens with zero attached hydrogens (tertiary/aromatic N) is 1. The topological polar surface area (TPSA) is 72.9 Å². The summed E-state index contributed by atoms with van der Waals surface area (Å²) in [5.41, 5.74) is 2.25. The second kappa shape index (κ2) is 7.83. The van der Waals surface area contributed by atoms with Gasteiger partial charge in [-0.05, 0) is 62.4 Å². The van der Waals surface area contributed by atoms with E-state index in [-0.39, 0.29) is 11.8 Å². The third kappa shape index (κ3) is 3.67. The van der Waals surface area contributed by atoms with E-state index in [0.717, 1.165) is 10.5 Å². The lowest BCUT2D eigenvalue weighted by atomic mass is 10.1. The molecule has 0 saturated heterocycles. The van der Waals surface area contributed by atoms with Crippen molar-refractivity contribution in [3.05, 3.63) is 89.5 Å². The van der Waals surface area contributed by atoms with E-state index in [9.17, 15) is 14.4 Å². The largest absolute Gasteiger partial charge is 0.479 e. The molecule has 0 fully saturated rings. The Balaban J connectivity index is 1.43. The molecule has 0 N–H and O–H groups in total. The zero-order valence-electron chi connectivity index (χ0n) is 16.5. The van der Waals surface area contributed by atoms with Crippen molar-refractivity contribution in [2.75, 3.05) is 4.90 Å². The fourth-order valence-electron chi connectivity index (χ4n) is 3.16. The molecule has 4 rings (SSSR count). The fraction of sp³-hybridized carbons (Fsp3) is 0.125. The molecule has 0 aliphatic carbocycles. The molecule has 1 aliphatic heterocycles. The highest BCUT2D eigenvalue weighted by molar-refractivity contribution is 6.34. The van der Waals surface area contributed by atoms with E-state index >= 15 is 0 Å². The minimum Gasteiger partial charge on any atom is -0.479 e. The van der Waals surface area contributed by atoms with E-state index in [1.807, 2.05) is 19.1 Å². The molecule has 0 aromatic heterocycles. The molecular weight excluding hydrogens is 382 g/mol. The van der Waals surface area contributed by atoms with Gasteiger partial charge < -0.3 is 9.47 Å². The average Bonchev–Trinajstić information content (AvgIpc) is 3.01. The first-order valence-electron chi connectivity index (χ1n) is 9.47. The van der Waals surface area contributed by atoms with Gasteiger partial charge in [0.2, 0.25) is 0 Å². The average molecular weight is 401 g/mol. The summed E-state index contributed by atoms with van der Waals surface area (Å²) in [5, 5.41) is 0. The molecule has 1 unspecified atom stereocenters. The summed E-state index contributed by atoms with van der Waals surface area (Å²) in [6.07, 6.45) is -0.802. The van der Waals surface area contributed by atoms with E-state index < -0.39 is 12.1 Å². The van der Waals surface area contributed by atoms with Gasteiger partial charge in [0.1, 0.15) is 11.5 Å². The number of carbonyl (C=O) groups is 3. The number of hydrogen-bond donors (Lipinski definition) is 0. The van der Waals surface area contributed by atoms with E-state index in [1.54, 1.807) is 55.5 Å². The van der Waals surface area contributed by atoms with Gasteiger partial charge in [-0.25, -0.2) is 9.69 Å². The van der Waals surface area contributed by atoms with Gasteiger partial charge >= 0.3 is 5.97 Å². The lowest BCUT2D eigenvalue weighted by Gasteiger charge is -2.16. The van der Waals surface area contributed by atoms with Crippen LogP contribution in [0.3, 0.4) is 0 Å². The molecule has 6 nitrogen and oxygen atoms in total. The first-order chi connectivity index (χ1) is 14.4. The third-order valence-electron chi connectivity index (χ3n) is 4.77. The monoisotopic (exact) mass is 401 g/mol. The number of fused-ring (bicyclic) bond motifs is 1. The zero-order chi connectivity index (χ0) is 21.3. The Kier molecular flexibility index (Phi) is 5.06. The lowest BCUT2D eigenvalue weighted by Crippen LogP contribution is -2.29.